The van der Waals surface area contributed by atoms with Gasteiger partial charge in [0.1, 0.15) is 17.0 Å². The van der Waals surface area contributed by atoms with Crippen molar-refractivity contribution >= 4 is 29.0 Å². The molecule has 1 aromatic rings. The SMILES string of the molecule is CC(Nc1cc(N)cc(Cl)n1)C(=O)N1CCCC1. The van der Waals surface area contributed by atoms with Crippen molar-refractivity contribution < 1.29 is 4.79 Å². The molecule has 1 amide bonds. The van der Waals surface area contributed by atoms with E-state index >= 15 is 0 Å². The molecule has 6 heteroatoms. The second-order valence-electron chi connectivity index (χ2n) is 4.51. The molecular formula is C12H17ClN4O. The fraction of sp³-hybridized carbons (Fsp3) is 0.500. The normalized spacial score (nSPS) is 16.7. The number of carbonyl (C=O) groups is 1. The molecule has 2 heterocycles. The fourth-order valence-electron chi connectivity index (χ4n) is 2.09. The summed E-state index contributed by atoms with van der Waals surface area (Å²) in [5, 5.41) is 3.35. The molecule has 1 atom stereocenters. The molecule has 18 heavy (non-hydrogen) atoms. The lowest BCUT2D eigenvalue weighted by Crippen LogP contribution is -2.39. The monoisotopic (exact) mass is 268 g/mol. The summed E-state index contributed by atoms with van der Waals surface area (Å²) >= 11 is 5.81. The lowest BCUT2D eigenvalue weighted by atomic mass is 10.3. The van der Waals surface area contributed by atoms with E-state index in [2.05, 4.69) is 10.3 Å². The van der Waals surface area contributed by atoms with Gasteiger partial charge in [-0.05, 0) is 25.8 Å². The smallest absolute Gasteiger partial charge is 0.244 e. The predicted octanol–water partition coefficient (Wildman–Crippen LogP) is 1.74. The van der Waals surface area contributed by atoms with Gasteiger partial charge in [0.05, 0.1) is 0 Å². The van der Waals surface area contributed by atoms with Crippen molar-refractivity contribution in [2.45, 2.75) is 25.8 Å². The lowest BCUT2D eigenvalue weighted by Gasteiger charge is -2.21. The number of nitrogens with zero attached hydrogens (tertiary/aromatic N) is 2. The zero-order valence-corrected chi connectivity index (χ0v) is 11.1. The van der Waals surface area contributed by atoms with Gasteiger partial charge in [0.2, 0.25) is 5.91 Å². The van der Waals surface area contributed by atoms with E-state index in [1.807, 2.05) is 11.8 Å². The Balaban J connectivity index is 2.01. The molecule has 3 N–H and O–H groups in total. The molecule has 0 aromatic carbocycles. The van der Waals surface area contributed by atoms with Crippen molar-refractivity contribution in [1.29, 1.82) is 0 Å². The summed E-state index contributed by atoms with van der Waals surface area (Å²) in [6.07, 6.45) is 2.17. The molecule has 1 unspecified atom stereocenters. The molecular weight excluding hydrogens is 252 g/mol. The third-order valence-electron chi connectivity index (χ3n) is 2.97. The van der Waals surface area contributed by atoms with Gasteiger partial charge in [-0.3, -0.25) is 4.79 Å². The minimum atomic E-state index is -0.325. The summed E-state index contributed by atoms with van der Waals surface area (Å²) in [5.41, 5.74) is 6.20. The summed E-state index contributed by atoms with van der Waals surface area (Å²) in [4.78, 5) is 18.0. The maximum absolute atomic E-state index is 12.1. The van der Waals surface area contributed by atoms with E-state index in [0.717, 1.165) is 25.9 Å². The Bertz CT molecular complexity index is 425. The van der Waals surface area contributed by atoms with Gasteiger partial charge in [-0.15, -0.1) is 0 Å². The number of hydrogen-bond acceptors (Lipinski definition) is 4. The standard InChI is InChI=1S/C12H17ClN4O/c1-8(12(18)17-4-2-3-5-17)15-11-7-9(14)6-10(13)16-11/h6-8H,2-5H2,1H3,(H3,14,15,16). The van der Waals surface area contributed by atoms with E-state index < -0.39 is 0 Å². The van der Waals surface area contributed by atoms with Crippen LogP contribution in [0.1, 0.15) is 19.8 Å². The first-order chi connectivity index (χ1) is 8.56. The topological polar surface area (TPSA) is 71.2 Å². The number of hydrogen-bond donors (Lipinski definition) is 2. The van der Waals surface area contributed by atoms with Crippen LogP contribution in [0.25, 0.3) is 0 Å². The van der Waals surface area contributed by atoms with E-state index in [4.69, 9.17) is 17.3 Å². The first kappa shape index (κ1) is 13.0. The van der Waals surface area contributed by atoms with E-state index in [-0.39, 0.29) is 11.9 Å². The van der Waals surface area contributed by atoms with Crippen LogP contribution in [0.15, 0.2) is 12.1 Å². The Morgan fingerprint density at radius 3 is 2.78 bits per heavy atom. The highest BCUT2D eigenvalue weighted by Gasteiger charge is 2.23. The van der Waals surface area contributed by atoms with Crippen molar-refractivity contribution in [1.82, 2.24) is 9.88 Å². The number of nitrogens with two attached hydrogens (primary N) is 1. The average molecular weight is 269 g/mol. The molecule has 0 aliphatic carbocycles. The maximum atomic E-state index is 12.1. The Morgan fingerprint density at radius 2 is 2.17 bits per heavy atom. The molecule has 0 radical (unpaired) electrons. The Hall–Kier alpha value is -1.49. The zero-order valence-electron chi connectivity index (χ0n) is 10.3. The highest BCUT2D eigenvalue weighted by molar-refractivity contribution is 6.29. The van der Waals surface area contributed by atoms with Crippen molar-refractivity contribution in [3.63, 3.8) is 0 Å². The molecule has 1 aliphatic rings. The van der Waals surface area contributed by atoms with Crippen LogP contribution in [-0.2, 0) is 4.79 Å². The maximum Gasteiger partial charge on any atom is 0.244 e. The number of anilines is 2. The van der Waals surface area contributed by atoms with Crippen LogP contribution in [0.4, 0.5) is 11.5 Å². The van der Waals surface area contributed by atoms with Gasteiger partial charge in [0.25, 0.3) is 0 Å². The second kappa shape index (κ2) is 5.44. The van der Waals surface area contributed by atoms with Crippen molar-refractivity contribution in [2.24, 2.45) is 0 Å². The first-order valence-corrected chi connectivity index (χ1v) is 6.42. The van der Waals surface area contributed by atoms with Gasteiger partial charge in [-0.2, -0.15) is 0 Å². The van der Waals surface area contributed by atoms with Gasteiger partial charge in [-0.1, -0.05) is 11.6 Å². The second-order valence-corrected chi connectivity index (χ2v) is 4.89. The molecule has 1 fully saturated rings. The summed E-state index contributed by atoms with van der Waals surface area (Å²) in [5.74, 6) is 0.618. The quantitative estimate of drug-likeness (QED) is 0.819. The van der Waals surface area contributed by atoms with Crippen LogP contribution in [0, 0.1) is 0 Å². The summed E-state index contributed by atoms with van der Waals surface area (Å²) in [7, 11) is 0. The molecule has 98 valence electrons. The molecule has 0 spiro atoms. The summed E-state index contributed by atoms with van der Waals surface area (Å²) in [6.45, 7) is 3.51. The van der Waals surface area contributed by atoms with Crippen LogP contribution in [-0.4, -0.2) is 34.9 Å². The third kappa shape index (κ3) is 3.04. The lowest BCUT2D eigenvalue weighted by molar-refractivity contribution is -0.130. The van der Waals surface area contributed by atoms with Gasteiger partial charge in [0.15, 0.2) is 0 Å². The molecule has 1 aromatic heterocycles. The van der Waals surface area contributed by atoms with E-state index in [1.54, 1.807) is 12.1 Å². The zero-order chi connectivity index (χ0) is 13.1. The van der Waals surface area contributed by atoms with Crippen molar-refractivity contribution in [3.8, 4) is 0 Å². The van der Waals surface area contributed by atoms with Crippen LogP contribution in [0.2, 0.25) is 5.15 Å². The van der Waals surface area contributed by atoms with Crippen LogP contribution in [0.3, 0.4) is 0 Å². The highest BCUT2D eigenvalue weighted by Crippen LogP contribution is 2.17. The Labute approximate surface area is 111 Å². The van der Waals surface area contributed by atoms with E-state index in [0.29, 0.717) is 16.7 Å². The van der Waals surface area contributed by atoms with Crippen molar-refractivity contribution in [2.75, 3.05) is 24.1 Å². The van der Waals surface area contributed by atoms with Crippen molar-refractivity contribution in [3.05, 3.63) is 17.3 Å². The number of nitrogen functional groups attached to an aromatic ring is 1. The summed E-state index contributed by atoms with van der Waals surface area (Å²) in [6, 6.07) is 2.91. The number of carbonyl (C=O) groups excluding carboxylic acids is 1. The Morgan fingerprint density at radius 1 is 1.50 bits per heavy atom. The van der Waals surface area contributed by atoms with Crippen LogP contribution in [0.5, 0.6) is 0 Å². The number of aromatic nitrogens is 1. The number of pyridine rings is 1. The minimum Gasteiger partial charge on any atom is -0.399 e. The number of nitrogens with one attached hydrogen (secondary N) is 1. The fourth-order valence-corrected chi connectivity index (χ4v) is 2.30. The largest absolute Gasteiger partial charge is 0.399 e. The van der Waals surface area contributed by atoms with Gasteiger partial charge >= 0.3 is 0 Å². The molecule has 0 saturated carbocycles. The molecule has 0 bridgehead atoms. The van der Waals surface area contributed by atoms with Gasteiger partial charge in [0, 0.05) is 24.8 Å². The van der Waals surface area contributed by atoms with Crippen LogP contribution >= 0.6 is 11.6 Å². The van der Waals surface area contributed by atoms with Gasteiger partial charge < -0.3 is 16.0 Å². The number of amides is 1. The van der Waals surface area contributed by atoms with Crippen LogP contribution < -0.4 is 11.1 Å². The first-order valence-electron chi connectivity index (χ1n) is 6.04. The average Bonchev–Trinajstić information content (AvgIpc) is 2.79. The third-order valence-corrected chi connectivity index (χ3v) is 3.16. The number of halogens is 1. The van der Waals surface area contributed by atoms with E-state index in [1.165, 1.54) is 0 Å². The summed E-state index contributed by atoms with van der Waals surface area (Å²) < 4.78 is 0. The number of rotatable bonds is 3. The number of likely N-dealkylation sites (tertiary alicyclic amines) is 1. The minimum absolute atomic E-state index is 0.0906. The van der Waals surface area contributed by atoms with Gasteiger partial charge in [-0.25, -0.2) is 4.98 Å². The molecule has 1 aliphatic heterocycles. The van der Waals surface area contributed by atoms with E-state index in [9.17, 15) is 4.79 Å². The Kier molecular flexibility index (Phi) is 3.91. The predicted molar refractivity (Wildman–Crippen MR) is 72.6 cm³/mol. The highest BCUT2D eigenvalue weighted by atomic mass is 35.5. The molecule has 1 saturated heterocycles. The molecule has 5 nitrogen and oxygen atoms in total. The molecule has 2 rings (SSSR count).